The summed E-state index contributed by atoms with van der Waals surface area (Å²) >= 11 is 7.86. The Hall–Kier alpha value is -0.910. The van der Waals surface area contributed by atoms with Crippen LogP contribution in [0.3, 0.4) is 0 Å². The van der Waals surface area contributed by atoms with Gasteiger partial charge in [-0.2, -0.15) is 11.8 Å². The van der Waals surface area contributed by atoms with E-state index >= 15 is 0 Å². The van der Waals surface area contributed by atoms with E-state index in [2.05, 4.69) is 24.1 Å². The van der Waals surface area contributed by atoms with Gasteiger partial charge >= 0.3 is 0 Å². The zero-order chi connectivity index (χ0) is 15.5. The highest BCUT2D eigenvalue weighted by molar-refractivity contribution is 8.00. The fraction of sp³-hybridized carbons (Fsp3) is 0.533. The zero-order valence-electron chi connectivity index (χ0n) is 12.5. The predicted molar refractivity (Wildman–Crippen MR) is 92.1 cm³/mol. The van der Waals surface area contributed by atoms with E-state index in [1.54, 1.807) is 18.2 Å². The largest absolute Gasteiger partial charge is 0.397 e. The van der Waals surface area contributed by atoms with E-state index in [1.165, 1.54) is 0 Å². The van der Waals surface area contributed by atoms with Crippen LogP contribution >= 0.6 is 23.4 Å². The first kappa shape index (κ1) is 16.5. The molecule has 21 heavy (non-hydrogen) atoms. The van der Waals surface area contributed by atoms with Crippen molar-refractivity contribution < 1.29 is 4.79 Å². The van der Waals surface area contributed by atoms with Gasteiger partial charge in [0.1, 0.15) is 0 Å². The number of rotatable bonds is 4. The molecule has 1 saturated heterocycles. The van der Waals surface area contributed by atoms with Crippen molar-refractivity contribution in [3.05, 3.63) is 23.2 Å². The lowest BCUT2D eigenvalue weighted by atomic mass is 10.2. The van der Waals surface area contributed by atoms with Gasteiger partial charge in [-0.25, -0.2) is 0 Å². The first-order valence-corrected chi connectivity index (χ1v) is 8.43. The highest BCUT2D eigenvalue weighted by Gasteiger charge is 2.26. The first-order valence-electron chi connectivity index (χ1n) is 7.07. The number of carbonyl (C=O) groups is 1. The van der Waals surface area contributed by atoms with E-state index in [9.17, 15) is 4.79 Å². The summed E-state index contributed by atoms with van der Waals surface area (Å²) in [5.41, 5.74) is 6.89. The van der Waals surface area contributed by atoms with Crippen LogP contribution in [0.5, 0.6) is 0 Å². The van der Waals surface area contributed by atoms with Crippen LogP contribution in [0.1, 0.15) is 20.3 Å². The van der Waals surface area contributed by atoms with Crippen LogP contribution in [-0.2, 0) is 4.79 Å². The molecule has 1 heterocycles. The molecule has 0 bridgehead atoms. The summed E-state index contributed by atoms with van der Waals surface area (Å²) in [5.74, 6) is 1.13. The van der Waals surface area contributed by atoms with E-state index in [1.807, 2.05) is 11.8 Å². The molecule has 2 rings (SSSR count). The van der Waals surface area contributed by atoms with Crippen molar-refractivity contribution >= 4 is 40.6 Å². The number of hydrogen-bond donors (Lipinski definition) is 2. The number of nitrogens with zero attached hydrogens (tertiary/aromatic N) is 1. The second-order valence-corrected chi connectivity index (χ2v) is 8.13. The SMILES string of the molecule is CC1(C)CN(CCC(=O)Nc2ccc(Cl)c(N)c2)CCS1. The lowest BCUT2D eigenvalue weighted by molar-refractivity contribution is -0.116. The molecule has 0 radical (unpaired) electrons. The van der Waals surface area contributed by atoms with Crippen LogP contribution in [0.15, 0.2) is 18.2 Å². The number of anilines is 2. The number of nitrogens with two attached hydrogens (primary N) is 1. The summed E-state index contributed by atoms with van der Waals surface area (Å²) in [7, 11) is 0. The van der Waals surface area contributed by atoms with Crippen molar-refractivity contribution in [2.45, 2.75) is 25.0 Å². The van der Waals surface area contributed by atoms with Crippen molar-refractivity contribution in [3.63, 3.8) is 0 Å². The summed E-state index contributed by atoms with van der Waals surface area (Å²) in [6, 6.07) is 5.13. The maximum atomic E-state index is 12.0. The lowest BCUT2D eigenvalue weighted by Gasteiger charge is -2.37. The van der Waals surface area contributed by atoms with Gasteiger partial charge in [0.15, 0.2) is 0 Å². The van der Waals surface area contributed by atoms with E-state index in [-0.39, 0.29) is 10.7 Å². The molecule has 0 unspecified atom stereocenters. The number of thioether (sulfide) groups is 1. The lowest BCUT2D eigenvalue weighted by Crippen LogP contribution is -2.44. The van der Waals surface area contributed by atoms with Gasteiger partial charge in [0.05, 0.1) is 10.7 Å². The first-order chi connectivity index (χ1) is 9.85. The van der Waals surface area contributed by atoms with Crippen molar-refractivity contribution in [1.82, 2.24) is 4.90 Å². The third kappa shape index (κ3) is 5.09. The number of carbonyl (C=O) groups excluding carboxylic acids is 1. The van der Waals surface area contributed by atoms with E-state index < -0.39 is 0 Å². The van der Waals surface area contributed by atoms with Gasteiger partial charge < -0.3 is 16.0 Å². The van der Waals surface area contributed by atoms with Gasteiger partial charge in [0.2, 0.25) is 5.91 Å². The minimum Gasteiger partial charge on any atom is -0.397 e. The van der Waals surface area contributed by atoms with E-state index in [0.29, 0.717) is 22.8 Å². The van der Waals surface area contributed by atoms with Crippen molar-refractivity contribution in [3.8, 4) is 0 Å². The molecule has 4 nitrogen and oxygen atoms in total. The van der Waals surface area contributed by atoms with Crippen LogP contribution < -0.4 is 11.1 Å². The molecule has 1 aromatic carbocycles. The minimum atomic E-state index is 0.00718. The molecule has 6 heteroatoms. The fourth-order valence-corrected chi connectivity index (χ4v) is 3.70. The normalized spacial score (nSPS) is 18.4. The molecular weight excluding hydrogens is 306 g/mol. The molecule has 0 saturated carbocycles. The minimum absolute atomic E-state index is 0.00718. The molecule has 0 spiro atoms. The number of amides is 1. The number of nitrogens with one attached hydrogen (secondary N) is 1. The molecule has 1 fully saturated rings. The average Bonchev–Trinajstić information content (AvgIpc) is 2.40. The molecule has 0 aliphatic carbocycles. The van der Waals surface area contributed by atoms with Gasteiger partial charge in [-0.15, -0.1) is 0 Å². The Kier molecular flexibility index (Phi) is 5.41. The van der Waals surface area contributed by atoms with Gasteiger partial charge in [0.25, 0.3) is 0 Å². The summed E-state index contributed by atoms with van der Waals surface area (Å²) in [6.45, 7) is 7.37. The van der Waals surface area contributed by atoms with Crippen LogP contribution in [0.4, 0.5) is 11.4 Å². The standard InChI is InChI=1S/C15H22ClN3OS/c1-15(2)10-19(7-8-21-15)6-5-14(20)18-11-3-4-12(16)13(17)9-11/h3-4,9H,5-8,10,17H2,1-2H3,(H,18,20). The Morgan fingerprint density at radius 2 is 2.29 bits per heavy atom. The molecule has 1 aliphatic heterocycles. The predicted octanol–water partition coefficient (Wildman–Crippen LogP) is 3.08. The number of halogens is 1. The van der Waals surface area contributed by atoms with E-state index in [0.717, 1.165) is 25.4 Å². The molecule has 0 atom stereocenters. The second kappa shape index (κ2) is 6.90. The monoisotopic (exact) mass is 327 g/mol. The third-order valence-corrected chi connectivity index (χ3v) is 5.08. The van der Waals surface area contributed by atoms with Crippen molar-refractivity contribution in [1.29, 1.82) is 0 Å². The smallest absolute Gasteiger partial charge is 0.225 e. The molecule has 3 N–H and O–H groups in total. The molecular formula is C15H22ClN3OS. The highest BCUT2D eigenvalue weighted by atomic mass is 35.5. The fourth-order valence-electron chi connectivity index (χ4n) is 2.41. The zero-order valence-corrected chi connectivity index (χ0v) is 14.1. The molecule has 0 aromatic heterocycles. The van der Waals surface area contributed by atoms with Crippen LogP contribution in [0, 0.1) is 0 Å². The number of hydrogen-bond acceptors (Lipinski definition) is 4. The Labute approximate surface area is 135 Å². The number of benzene rings is 1. The summed E-state index contributed by atoms with van der Waals surface area (Å²) in [6.07, 6.45) is 0.489. The summed E-state index contributed by atoms with van der Waals surface area (Å²) < 4.78 is 0.277. The quantitative estimate of drug-likeness (QED) is 0.834. The maximum absolute atomic E-state index is 12.0. The third-order valence-electron chi connectivity index (χ3n) is 3.44. The van der Waals surface area contributed by atoms with Crippen LogP contribution in [-0.4, -0.2) is 40.9 Å². The van der Waals surface area contributed by atoms with Gasteiger partial charge in [-0.1, -0.05) is 11.6 Å². The molecule has 116 valence electrons. The molecule has 1 aromatic rings. The van der Waals surface area contributed by atoms with E-state index in [4.69, 9.17) is 17.3 Å². The van der Waals surface area contributed by atoms with Crippen LogP contribution in [0.2, 0.25) is 5.02 Å². The average molecular weight is 328 g/mol. The Bertz CT molecular complexity index is 522. The number of nitrogen functional groups attached to an aromatic ring is 1. The molecule has 1 aliphatic rings. The summed E-state index contributed by atoms with van der Waals surface area (Å²) in [5, 5.41) is 3.36. The summed E-state index contributed by atoms with van der Waals surface area (Å²) in [4.78, 5) is 14.3. The maximum Gasteiger partial charge on any atom is 0.225 e. The van der Waals surface area contributed by atoms with Crippen molar-refractivity contribution in [2.75, 3.05) is 36.4 Å². The van der Waals surface area contributed by atoms with Gasteiger partial charge in [-0.3, -0.25) is 4.79 Å². The Morgan fingerprint density at radius 3 is 2.95 bits per heavy atom. The Balaban J connectivity index is 1.80. The molecule has 1 amide bonds. The van der Waals surface area contributed by atoms with Crippen LogP contribution in [0.25, 0.3) is 0 Å². The Morgan fingerprint density at radius 1 is 1.52 bits per heavy atom. The second-order valence-electron chi connectivity index (χ2n) is 5.92. The van der Waals surface area contributed by atoms with Gasteiger partial charge in [-0.05, 0) is 32.0 Å². The topological polar surface area (TPSA) is 58.4 Å². The van der Waals surface area contributed by atoms with Crippen molar-refractivity contribution in [2.24, 2.45) is 0 Å². The van der Waals surface area contributed by atoms with Gasteiger partial charge in [0, 0.05) is 42.2 Å². The highest BCUT2D eigenvalue weighted by Crippen LogP contribution is 2.29.